The monoisotopic (exact) mass is 357 g/mol. The van der Waals surface area contributed by atoms with Crippen molar-refractivity contribution in [3.63, 3.8) is 0 Å². The summed E-state index contributed by atoms with van der Waals surface area (Å²) < 4.78 is 32.4. The molecule has 0 radical (unpaired) electrons. The average molecular weight is 357 g/mol. The Morgan fingerprint density at radius 2 is 1.92 bits per heavy atom. The van der Waals surface area contributed by atoms with Gasteiger partial charge in [0.2, 0.25) is 0 Å². The van der Waals surface area contributed by atoms with Gasteiger partial charge in [0.15, 0.2) is 5.96 Å². The number of nitrogens with one attached hydrogen (secondary N) is 1. The van der Waals surface area contributed by atoms with E-state index in [9.17, 15) is 8.42 Å². The number of hydrogen-bond acceptors (Lipinski definition) is 5. The van der Waals surface area contributed by atoms with E-state index in [4.69, 9.17) is 9.47 Å². The molecular weight excluding hydrogens is 330 g/mol. The molecule has 0 aliphatic carbocycles. The molecule has 0 saturated carbocycles. The minimum Gasteiger partial charge on any atom is -0.497 e. The molecule has 0 heterocycles. The van der Waals surface area contributed by atoms with Crippen molar-refractivity contribution in [2.24, 2.45) is 4.99 Å². The summed E-state index contributed by atoms with van der Waals surface area (Å²) in [6.45, 7) is 1.90. The highest BCUT2D eigenvalue weighted by Crippen LogP contribution is 2.12. The van der Waals surface area contributed by atoms with Crippen molar-refractivity contribution in [2.45, 2.75) is 6.54 Å². The van der Waals surface area contributed by atoms with Crippen LogP contribution >= 0.6 is 0 Å². The molecular formula is C16H27N3O4S. The summed E-state index contributed by atoms with van der Waals surface area (Å²) in [7, 11) is 2.34. The van der Waals surface area contributed by atoms with E-state index < -0.39 is 9.84 Å². The molecule has 1 N–H and O–H groups in total. The highest BCUT2D eigenvalue weighted by molar-refractivity contribution is 7.90. The first-order chi connectivity index (χ1) is 11.4. The SMILES string of the molecule is CN=C(NCCOCCS(C)(=O)=O)N(C)Cc1ccc(OC)cc1. The van der Waals surface area contributed by atoms with Gasteiger partial charge in [0, 0.05) is 33.4 Å². The molecule has 1 aromatic carbocycles. The summed E-state index contributed by atoms with van der Waals surface area (Å²) in [6, 6.07) is 7.87. The van der Waals surface area contributed by atoms with Gasteiger partial charge < -0.3 is 19.7 Å². The van der Waals surface area contributed by atoms with Crippen LogP contribution in [-0.4, -0.2) is 72.2 Å². The van der Waals surface area contributed by atoms with E-state index in [1.807, 2.05) is 36.2 Å². The summed E-state index contributed by atoms with van der Waals surface area (Å²) in [4.78, 5) is 6.23. The van der Waals surface area contributed by atoms with Gasteiger partial charge in [0.1, 0.15) is 15.6 Å². The van der Waals surface area contributed by atoms with Gasteiger partial charge in [-0.15, -0.1) is 0 Å². The minimum absolute atomic E-state index is 0.0408. The normalized spacial score (nSPS) is 12.1. The zero-order valence-corrected chi connectivity index (χ0v) is 15.6. The first kappa shape index (κ1) is 20.2. The van der Waals surface area contributed by atoms with Crippen LogP contribution in [0.25, 0.3) is 0 Å². The zero-order chi connectivity index (χ0) is 18.0. The first-order valence-corrected chi connectivity index (χ1v) is 9.72. The van der Waals surface area contributed by atoms with E-state index in [-0.39, 0.29) is 12.4 Å². The van der Waals surface area contributed by atoms with Gasteiger partial charge in [-0.05, 0) is 17.7 Å². The lowest BCUT2D eigenvalue weighted by Gasteiger charge is -2.22. The molecule has 0 bridgehead atoms. The minimum atomic E-state index is -2.97. The van der Waals surface area contributed by atoms with E-state index in [1.165, 1.54) is 6.26 Å². The summed E-state index contributed by atoms with van der Waals surface area (Å²) in [5.74, 6) is 1.62. The van der Waals surface area contributed by atoms with Crippen LogP contribution < -0.4 is 10.1 Å². The van der Waals surface area contributed by atoms with Crippen LogP contribution in [0.5, 0.6) is 5.75 Å². The number of aliphatic imine (C=N–C) groups is 1. The van der Waals surface area contributed by atoms with Gasteiger partial charge >= 0.3 is 0 Å². The van der Waals surface area contributed by atoms with Crippen molar-refractivity contribution in [1.29, 1.82) is 0 Å². The second-order valence-electron chi connectivity index (χ2n) is 5.42. The number of sulfone groups is 1. The summed E-state index contributed by atoms with van der Waals surface area (Å²) >= 11 is 0. The third-order valence-electron chi connectivity index (χ3n) is 3.28. The van der Waals surface area contributed by atoms with Gasteiger partial charge in [-0.2, -0.15) is 0 Å². The van der Waals surface area contributed by atoms with Crippen LogP contribution in [0.1, 0.15) is 5.56 Å². The molecule has 7 nitrogen and oxygen atoms in total. The Labute approximate surface area is 144 Å². The molecule has 8 heteroatoms. The van der Waals surface area contributed by atoms with Crippen LogP contribution in [0.4, 0.5) is 0 Å². The first-order valence-electron chi connectivity index (χ1n) is 7.66. The van der Waals surface area contributed by atoms with Crippen molar-refractivity contribution >= 4 is 15.8 Å². The molecule has 0 fully saturated rings. The van der Waals surface area contributed by atoms with Crippen molar-refractivity contribution in [1.82, 2.24) is 10.2 Å². The lowest BCUT2D eigenvalue weighted by Crippen LogP contribution is -2.40. The molecule has 0 unspecified atom stereocenters. The number of benzene rings is 1. The van der Waals surface area contributed by atoms with Gasteiger partial charge in [-0.1, -0.05) is 12.1 Å². The molecule has 0 atom stereocenters. The maximum Gasteiger partial charge on any atom is 0.193 e. The van der Waals surface area contributed by atoms with E-state index in [1.54, 1.807) is 14.2 Å². The number of ether oxygens (including phenoxy) is 2. The predicted molar refractivity (Wildman–Crippen MR) is 96.4 cm³/mol. The Bertz CT molecular complexity index is 615. The number of guanidine groups is 1. The number of hydrogen-bond donors (Lipinski definition) is 1. The fraction of sp³-hybridized carbons (Fsp3) is 0.562. The highest BCUT2D eigenvalue weighted by Gasteiger charge is 2.07. The topological polar surface area (TPSA) is 80.2 Å². The molecule has 24 heavy (non-hydrogen) atoms. The van der Waals surface area contributed by atoms with E-state index in [0.717, 1.165) is 17.3 Å². The Kier molecular flexibility index (Phi) is 8.56. The highest BCUT2D eigenvalue weighted by atomic mass is 32.2. The molecule has 136 valence electrons. The van der Waals surface area contributed by atoms with Gasteiger partial charge in [-0.25, -0.2) is 8.42 Å². The summed E-state index contributed by atoms with van der Waals surface area (Å²) in [6.07, 6.45) is 1.20. The van der Waals surface area contributed by atoms with E-state index in [2.05, 4.69) is 10.3 Å². The molecule has 0 spiro atoms. The average Bonchev–Trinajstić information content (AvgIpc) is 2.53. The van der Waals surface area contributed by atoms with Gasteiger partial charge in [0.05, 0.1) is 26.1 Å². The lowest BCUT2D eigenvalue weighted by atomic mass is 10.2. The number of nitrogens with zero attached hydrogens (tertiary/aromatic N) is 2. The maximum atomic E-state index is 11.0. The fourth-order valence-corrected chi connectivity index (χ4v) is 2.43. The van der Waals surface area contributed by atoms with Crippen LogP contribution in [0.3, 0.4) is 0 Å². The zero-order valence-electron chi connectivity index (χ0n) is 14.8. The van der Waals surface area contributed by atoms with Gasteiger partial charge in [-0.3, -0.25) is 4.99 Å². The maximum absolute atomic E-state index is 11.0. The van der Waals surface area contributed by atoms with E-state index >= 15 is 0 Å². The van der Waals surface area contributed by atoms with Crippen LogP contribution in [0.15, 0.2) is 29.3 Å². The quantitative estimate of drug-likeness (QED) is 0.399. The third kappa shape index (κ3) is 8.16. The molecule has 0 aliphatic rings. The molecule has 0 amide bonds. The second kappa shape index (κ2) is 10.1. The molecule has 1 rings (SSSR count). The van der Waals surface area contributed by atoms with Crippen molar-refractivity contribution < 1.29 is 17.9 Å². The summed E-state index contributed by atoms with van der Waals surface area (Å²) in [5.41, 5.74) is 1.14. The van der Waals surface area contributed by atoms with Crippen LogP contribution in [0.2, 0.25) is 0 Å². The fourth-order valence-electron chi connectivity index (χ4n) is 2.01. The van der Waals surface area contributed by atoms with Crippen molar-refractivity contribution in [3.05, 3.63) is 29.8 Å². The molecule has 0 saturated heterocycles. The molecule has 0 aromatic heterocycles. The number of methoxy groups -OCH3 is 1. The standard InChI is InChI=1S/C16H27N3O4S/c1-17-16(18-9-10-23-11-12-24(4,20)21)19(2)13-14-5-7-15(22-3)8-6-14/h5-8H,9-13H2,1-4H3,(H,17,18). The van der Waals surface area contributed by atoms with Crippen molar-refractivity contribution in [2.75, 3.05) is 53.0 Å². The largest absolute Gasteiger partial charge is 0.497 e. The smallest absolute Gasteiger partial charge is 0.193 e. The molecule has 1 aromatic rings. The van der Waals surface area contributed by atoms with Crippen molar-refractivity contribution in [3.8, 4) is 5.75 Å². The Morgan fingerprint density at radius 1 is 1.25 bits per heavy atom. The second-order valence-corrected chi connectivity index (χ2v) is 7.68. The predicted octanol–water partition coefficient (Wildman–Crippen LogP) is 0.764. The summed E-state index contributed by atoms with van der Waals surface area (Å²) in [5, 5.41) is 3.19. The Hall–Kier alpha value is -1.80. The van der Waals surface area contributed by atoms with Gasteiger partial charge in [0.25, 0.3) is 0 Å². The third-order valence-corrected chi connectivity index (χ3v) is 4.19. The van der Waals surface area contributed by atoms with E-state index in [0.29, 0.717) is 19.7 Å². The lowest BCUT2D eigenvalue weighted by molar-refractivity contribution is 0.153. The van der Waals surface area contributed by atoms with Crippen LogP contribution in [0, 0.1) is 0 Å². The van der Waals surface area contributed by atoms with Crippen LogP contribution in [-0.2, 0) is 21.1 Å². The molecule has 0 aliphatic heterocycles. The number of rotatable bonds is 9. The Balaban J connectivity index is 2.34. The Morgan fingerprint density at radius 3 is 2.46 bits per heavy atom.